The van der Waals surface area contributed by atoms with Gasteiger partial charge in [-0.1, -0.05) is 45.9 Å². The zero-order valence-corrected chi connectivity index (χ0v) is 14.5. The van der Waals surface area contributed by atoms with E-state index < -0.39 is 0 Å². The number of nitrogens with one attached hydrogen (secondary N) is 1. The van der Waals surface area contributed by atoms with Gasteiger partial charge in [0.05, 0.1) is 0 Å². The van der Waals surface area contributed by atoms with Crippen LogP contribution in [0.5, 0.6) is 5.75 Å². The van der Waals surface area contributed by atoms with Crippen LogP contribution in [0.3, 0.4) is 0 Å². The third-order valence-electron chi connectivity index (χ3n) is 4.06. The number of phenols is 1. The van der Waals surface area contributed by atoms with Gasteiger partial charge in [-0.25, -0.2) is 0 Å². The Hall–Kier alpha value is -2.29. The number of phenolic OH excluding ortho intramolecular Hbond substituents is 1. The predicted octanol–water partition coefficient (Wildman–Crippen LogP) is 5.20. The van der Waals surface area contributed by atoms with E-state index in [1.807, 2.05) is 71.0 Å². The zero-order valence-electron chi connectivity index (χ0n) is 14.5. The summed E-state index contributed by atoms with van der Waals surface area (Å²) in [5.41, 5.74) is 4.05. The number of anilines is 1. The van der Waals surface area contributed by atoms with Crippen molar-refractivity contribution in [2.45, 2.75) is 46.5 Å². The van der Waals surface area contributed by atoms with Crippen molar-refractivity contribution in [2.75, 3.05) is 5.32 Å². The van der Waals surface area contributed by atoms with Gasteiger partial charge >= 0.3 is 0 Å². The molecule has 0 fully saturated rings. The summed E-state index contributed by atoms with van der Waals surface area (Å²) >= 11 is 0. The molecule has 2 N–H and O–H groups in total. The topological polar surface area (TPSA) is 49.3 Å². The third kappa shape index (κ3) is 3.73. The molecule has 0 aliphatic heterocycles. The van der Waals surface area contributed by atoms with Crippen LogP contribution in [0.15, 0.2) is 36.4 Å². The second-order valence-electron chi connectivity index (χ2n) is 6.58. The van der Waals surface area contributed by atoms with Gasteiger partial charge in [0.15, 0.2) is 0 Å². The monoisotopic (exact) mass is 311 g/mol. The molecule has 0 aliphatic rings. The first-order valence-electron chi connectivity index (χ1n) is 8.05. The number of carbonyl (C=O) groups is 1. The molecule has 0 bridgehead atoms. The van der Waals surface area contributed by atoms with Crippen molar-refractivity contribution in [3.05, 3.63) is 58.7 Å². The number of carbonyl (C=O) groups excluding carboxylic acids is 1. The van der Waals surface area contributed by atoms with E-state index in [1.165, 1.54) is 0 Å². The van der Waals surface area contributed by atoms with Crippen molar-refractivity contribution >= 4 is 11.6 Å². The van der Waals surface area contributed by atoms with Gasteiger partial charge in [-0.3, -0.25) is 4.79 Å². The number of rotatable bonds is 4. The minimum Gasteiger partial charge on any atom is -0.507 e. The van der Waals surface area contributed by atoms with Crippen molar-refractivity contribution in [3.8, 4) is 5.75 Å². The maximum atomic E-state index is 12.5. The Morgan fingerprint density at radius 3 is 2.00 bits per heavy atom. The molecule has 2 rings (SSSR count). The normalized spacial score (nSPS) is 11.1. The molecule has 0 saturated carbocycles. The molecule has 3 heteroatoms. The van der Waals surface area contributed by atoms with E-state index in [0.717, 1.165) is 22.4 Å². The minimum absolute atomic E-state index is 0.127. The molecule has 0 aromatic heterocycles. The first-order valence-corrected chi connectivity index (χ1v) is 8.05. The lowest BCUT2D eigenvalue weighted by Crippen LogP contribution is -2.14. The minimum atomic E-state index is -0.127. The van der Waals surface area contributed by atoms with Gasteiger partial charge in [0.25, 0.3) is 5.91 Å². The molecule has 0 heterocycles. The Morgan fingerprint density at radius 2 is 1.52 bits per heavy atom. The molecule has 2 aromatic rings. The molecule has 0 saturated heterocycles. The fourth-order valence-electron chi connectivity index (χ4n) is 2.66. The molecule has 122 valence electrons. The van der Waals surface area contributed by atoms with Crippen molar-refractivity contribution in [2.24, 2.45) is 0 Å². The maximum Gasteiger partial charge on any atom is 0.255 e. The summed E-state index contributed by atoms with van der Waals surface area (Å²) < 4.78 is 0. The van der Waals surface area contributed by atoms with Gasteiger partial charge in [-0.05, 0) is 53.6 Å². The summed E-state index contributed by atoms with van der Waals surface area (Å²) in [5, 5.41) is 13.4. The van der Waals surface area contributed by atoms with Gasteiger partial charge < -0.3 is 10.4 Å². The van der Waals surface area contributed by atoms with Crippen molar-refractivity contribution in [1.29, 1.82) is 0 Å². The average molecular weight is 311 g/mol. The Bertz CT molecular complexity index is 688. The first-order chi connectivity index (χ1) is 10.8. The zero-order chi connectivity index (χ0) is 17.1. The van der Waals surface area contributed by atoms with Crippen LogP contribution in [0.1, 0.15) is 66.6 Å². The van der Waals surface area contributed by atoms with Gasteiger partial charge in [0.1, 0.15) is 5.75 Å². The van der Waals surface area contributed by atoms with E-state index >= 15 is 0 Å². The summed E-state index contributed by atoms with van der Waals surface area (Å²) in [5.74, 6) is 0.577. The number of amides is 1. The largest absolute Gasteiger partial charge is 0.507 e. The van der Waals surface area contributed by atoms with Crippen LogP contribution >= 0.6 is 0 Å². The summed E-state index contributed by atoms with van der Waals surface area (Å²) in [6.07, 6.45) is 0. The molecule has 3 nitrogen and oxygen atoms in total. The molecule has 1 amide bonds. The molecule has 0 spiro atoms. The van der Waals surface area contributed by atoms with Gasteiger partial charge in [-0.15, -0.1) is 0 Å². The Kier molecular flexibility index (Phi) is 5.09. The number of aryl methyl sites for hydroxylation is 1. The summed E-state index contributed by atoms with van der Waals surface area (Å²) in [6.45, 7) is 10.1. The lowest BCUT2D eigenvalue weighted by molar-refractivity contribution is 0.102. The summed E-state index contributed by atoms with van der Waals surface area (Å²) in [7, 11) is 0. The standard InChI is InChI=1S/C20H25NO2/c1-12(2)17-10-15(11-18(13(3)4)19(17)22)21-20(23)16-9-7-6-8-14(16)5/h6-13,22H,1-5H3,(H,21,23). The van der Waals surface area contributed by atoms with Crippen LogP contribution in [-0.2, 0) is 0 Å². The SMILES string of the molecule is Cc1ccccc1C(=O)Nc1cc(C(C)C)c(O)c(C(C)C)c1. The second kappa shape index (κ2) is 6.86. The molecule has 2 aromatic carbocycles. The average Bonchev–Trinajstić information content (AvgIpc) is 2.48. The summed E-state index contributed by atoms with van der Waals surface area (Å²) in [4.78, 5) is 12.5. The van der Waals surface area contributed by atoms with Crippen molar-refractivity contribution in [3.63, 3.8) is 0 Å². The van der Waals surface area contributed by atoms with E-state index in [1.54, 1.807) is 0 Å². The fourth-order valence-corrected chi connectivity index (χ4v) is 2.66. The van der Waals surface area contributed by atoms with E-state index in [2.05, 4.69) is 5.32 Å². The highest BCUT2D eigenvalue weighted by atomic mass is 16.3. The molecule has 0 radical (unpaired) electrons. The van der Waals surface area contributed by atoms with Gasteiger partial charge in [0.2, 0.25) is 0 Å². The lowest BCUT2D eigenvalue weighted by atomic mass is 9.93. The fraction of sp³-hybridized carbons (Fsp3) is 0.350. The van der Waals surface area contributed by atoms with Crippen molar-refractivity contribution in [1.82, 2.24) is 0 Å². The van der Waals surface area contributed by atoms with Crippen LogP contribution < -0.4 is 5.32 Å². The van der Waals surface area contributed by atoms with E-state index in [-0.39, 0.29) is 17.7 Å². The smallest absolute Gasteiger partial charge is 0.255 e. The maximum absolute atomic E-state index is 12.5. The number of aromatic hydroxyl groups is 1. The predicted molar refractivity (Wildman–Crippen MR) is 95.4 cm³/mol. The van der Waals surface area contributed by atoms with Crippen LogP contribution in [-0.4, -0.2) is 11.0 Å². The molecule has 0 unspecified atom stereocenters. The molecule has 0 aliphatic carbocycles. The van der Waals surface area contributed by atoms with Crippen LogP contribution in [0.2, 0.25) is 0 Å². The van der Waals surface area contributed by atoms with Crippen LogP contribution in [0.4, 0.5) is 5.69 Å². The molecule has 0 atom stereocenters. The van der Waals surface area contributed by atoms with Crippen LogP contribution in [0.25, 0.3) is 0 Å². The first kappa shape index (κ1) is 17.1. The molecular weight excluding hydrogens is 286 g/mol. The van der Waals surface area contributed by atoms with Crippen LogP contribution in [0, 0.1) is 6.92 Å². The van der Waals surface area contributed by atoms with Crippen molar-refractivity contribution < 1.29 is 9.90 Å². The quantitative estimate of drug-likeness (QED) is 0.762. The van der Waals surface area contributed by atoms with Gasteiger partial charge in [0, 0.05) is 11.3 Å². The van der Waals surface area contributed by atoms with E-state index in [9.17, 15) is 9.90 Å². The molecular formula is C20H25NO2. The highest BCUT2D eigenvalue weighted by Gasteiger charge is 2.17. The highest BCUT2D eigenvalue weighted by Crippen LogP contribution is 2.36. The number of hydrogen-bond donors (Lipinski definition) is 2. The Morgan fingerprint density at radius 1 is 1.00 bits per heavy atom. The third-order valence-corrected chi connectivity index (χ3v) is 4.06. The number of hydrogen-bond acceptors (Lipinski definition) is 2. The molecule has 23 heavy (non-hydrogen) atoms. The summed E-state index contributed by atoms with van der Waals surface area (Å²) in [6, 6.07) is 11.2. The highest BCUT2D eigenvalue weighted by molar-refractivity contribution is 6.05. The lowest BCUT2D eigenvalue weighted by Gasteiger charge is -2.18. The van der Waals surface area contributed by atoms with Gasteiger partial charge in [-0.2, -0.15) is 0 Å². The Balaban J connectivity index is 2.40. The number of benzene rings is 2. The second-order valence-corrected chi connectivity index (χ2v) is 6.58. The van der Waals surface area contributed by atoms with E-state index in [4.69, 9.17) is 0 Å². The van der Waals surface area contributed by atoms with E-state index in [0.29, 0.717) is 11.3 Å². The Labute approximate surface area is 138 Å².